The Balaban J connectivity index is 1.66. The highest BCUT2D eigenvalue weighted by Gasteiger charge is 2.28. The van der Waals surface area contributed by atoms with Crippen molar-refractivity contribution in [1.29, 1.82) is 5.26 Å². The van der Waals surface area contributed by atoms with Gasteiger partial charge in [-0.05, 0) is 6.07 Å². The molecule has 7 nitrogen and oxygen atoms in total. The van der Waals surface area contributed by atoms with E-state index in [0.29, 0.717) is 37.4 Å². The molecule has 1 aliphatic rings. The predicted octanol–water partition coefficient (Wildman–Crippen LogP) is 0.939. The van der Waals surface area contributed by atoms with Crippen LogP contribution < -0.4 is 25.8 Å². The van der Waals surface area contributed by atoms with Gasteiger partial charge in [0.25, 0.3) is 10.9 Å². The van der Waals surface area contributed by atoms with Crippen molar-refractivity contribution in [2.75, 3.05) is 50.1 Å². The zero-order chi connectivity index (χ0) is 18.5. The second kappa shape index (κ2) is 8.02. The summed E-state index contributed by atoms with van der Waals surface area (Å²) in [5, 5.41) is 11.8. The summed E-state index contributed by atoms with van der Waals surface area (Å²) in [5.74, 6) is 0.742. The minimum atomic E-state index is -0.457. The second-order valence-corrected chi connectivity index (χ2v) is 6.28. The third-order valence-electron chi connectivity index (χ3n) is 4.76. The first-order valence-corrected chi connectivity index (χ1v) is 8.69. The van der Waals surface area contributed by atoms with Crippen molar-refractivity contribution >= 4 is 11.4 Å². The zero-order valence-electron chi connectivity index (χ0n) is 14.8. The zero-order valence-corrected chi connectivity index (χ0v) is 14.8. The summed E-state index contributed by atoms with van der Waals surface area (Å²) < 4.78 is 5.32. The van der Waals surface area contributed by atoms with Gasteiger partial charge in [0.15, 0.2) is 0 Å². The average Bonchev–Trinajstić information content (AvgIpc) is 2.69. The number of benzene rings is 1. The van der Waals surface area contributed by atoms with E-state index in [4.69, 9.17) is 10.00 Å². The number of nitriles is 1. The van der Waals surface area contributed by atoms with E-state index in [0.717, 1.165) is 30.9 Å². The van der Waals surface area contributed by atoms with E-state index in [1.165, 1.54) is 0 Å². The molecule has 0 saturated carbocycles. The van der Waals surface area contributed by atoms with Crippen LogP contribution in [0.1, 0.15) is 12.0 Å². The lowest BCUT2D eigenvalue weighted by atomic mass is 10.1. The molecule has 0 aliphatic carbocycles. The van der Waals surface area contributed by atoms with E-state index in [1.54, 1.807) is 7.11 Å². The molecule has 1 N–H and O–H groups in total. The van der Waals surface area contributed by atoms with Gasteiger partial charge in [0.2, 0.25) is 0 Å². The van der Waals surface area contributed by atoms with Crippen LogP contribution in [0.25, 0.3) is 0 Å². The summed E-state index contributed by atoms with van der Waals surface area (Å²) in [5.41, 5.74) is 0.936. The lowest BCUT2D eigenvalue weighted by Gasteiger charge is -2.36. The molecule has 1 heterocycles. The molecule has 0 spiro atoms. The van der Waals surface area contributed by atoms with Crippen LogP contribution in [0.2, 0.25) is 0 Å². The van der Waals surface area contributed by atoms with Crippen molar-refractivity contribution in [1.82, 2.24) is 4.90 Å². The van der Waals surface area contributed by atoms with Gasteiger partial charge in [0, 0.05) is 51.3 Å². The predicted molar refractivity (Wildman–Crippen MR) is 101 cm³/mol. The molecule has 0 radical (unpaired) electrons. The van der Waals surface area contributed by atoms with Crippen LogP contribution in [0.4, 0.5) is 11.4 Å². The maximum Gasteiger partial charge on any atom is 0.253 e. The van der Waals surface area contributed by atoms with Gasteiger partial charge < -0.3 is 15.0 Å². The third kappa shape index (κ3) is 3.55. The first kappa shape index (κ1) is 18.0. The number of hydrogen-bond donors (Lipinski definition) is 1. The second-order valence-electron chi connectivity index (χ2n) is 6.28. The Hall–Kier alpha value is -2.85. The Morgan fingerprint density at radius 3 is 2.58 bits per heavy atom. The fourth-order valence-corrected chi connectivity index (χ4v) is 3.28. The Labute approximate surface area is 152 Å². The van der Waals surface area contributed by atoms with Crippen molar-refractivity contribution in [2.45, 2.75) is 13.0 Å². The van der Waals surface area contributed by atoms with E-state index in [2.05, 4.69) is 16.3 Å². The number of nitrogens with one attached hydrogen (secondary N) is 1. The van der Waals surface area contributed by atoms with Crippen LogP contribution in [-0.4, -0.2) is 44.7 Å². The molecule has 26 heavy (non-hydrogen) atoms. The number of hydrogen-bond acceptors (Lipinski definition) is 7. The molecular weight excluding hydrogens is 332 g/mol. The van der Waals surface area contributed by atoms with E-state index >= 15 is 0 Å². The van der Waals surface area contributed by atoms with Gasteiger partial charge in [0.05, 0.1) is 13.2 Å². The number of para-hydroxylation sites is 1. The van der Waals surface area contributed by atoms with E-state index in [1.807, 2.05) is 29.2 Å². The molecule has 7 heteroatoms. The minimum Gasteiger partial charge on any atom is -0.496 e. The molecule has 136 valence electrons. The topological polar surface area (TPSA) is 85.7 Å². The average molecular weight is 354 g/mol. The molecular formula is C19H22N4O3. The highest BCUT2D eigenvalue weighted by Crippen LogP contribution is 2.24. The quantitative estimate of drug-likeness (QED) is 0.741. The number of nitrogens with zero attached hydrogens (tertiary/aromatic N) is 3. The Morgan fingerprint density at radius 1 is 1.15 bits per heavy atom. The SMILES string of the molecule is COc1ccccc1CNc1c(N2CCN(CCC#N)CC2)c(=O)c1=O. The Morgan fingerprint density at radius 2 is 1.88 bits per heavy atom. The van der Waals surface area contributed by atoms with Crippen molar-refractivity contribution in [3.63, 3.8) is 0 Å². The van der Waals surface area contributed by atoms with Gasteiger partial charge in [0.1, 0.15) is 17.1 Å². The lowest BCUT2D eigenvalue weighted by molar-refractivity contribution is 0.263. The molecule has 2 aromatic rings. The smallest absolute Gasteiger partial charge is 0.253 e. The summed E-state index contributed by atoms with van der Waals surface area (Å²) in [6.45, 7) is 4.09. The van der Waals surface area contributed by atoms with Crippen molar-refractivity contribution in [3.05, 3.63) is 50.3 Å². The lowest BCUT2D eigenvalue weighted by Crippen LogP contribution is -2.51. The van der Waals surface area contributed by atoms with Crippen LogP contribution in [0.15, 0.2) is 33.9 Å². The van der Waals surface area contributed by atoms with Gasteiger partial charge in [-0.3, -0.25) is 14.5 Å². The van der Waals surface area contributed by atoms with Crippen molar-refractivity contribution in [3.8, 4) is 11.8 Å². The fraction of sp³-hybridized carbons (Fsp3) is 0.421. The van der Waals surface area contributed by atoms with Crippen LogP contribution in [0.5, 0.6) is 5.75 Å². The first-order valence-electron chi connectivity index (χ1n) is 8.69. The molecule has 0 bridgehead atoms. The van der Waals surface area contributed by atoms with Crippen molar-refractivity contribution < 1.29 is 4.74 Å². The van der Waals surface area contributed by atoms with Crippen LogP contribution in [0, 0.1) is 11.3 Å². The Kier molecular flexibility index (Phi) is 5.54. The molecule has 0 unspecified atom stereocenters. The van der Waals surface area contributed by atoms with Gasteiger partial charge >= 0.3 is 0 Å². The van der Waals surface area contributed by atoms with Crippen molar-refractivity contribution in [2.24, 2.45) is 0 Å². The molecule has 0 atom stereocenters. The highest BCUT2D eigenvalue weighted by molar-refractivity contribution is 5.75. The Bertz CT molecular complexity index is 872. The summed E-state index contributed by atoms with van der Waals surface area (Å²) in [6.07, 6.45) is 0.506. The largest absolute Gasteiger partial charge is 0.496 e. The number of anilines is 2. The van der Waals surface area contributed by atoms with E-state index in [9.17, 15) is 9.59 Å². The van der Waals surface area contributed by atoms with E-state index < -0.39 is 10.9 Å². The van der Waals surface area contributed by atoms with Crippen LogP contribution in [0.3, 0.4) is 0 Å². The number of piperazine rings is 1. The molecule has 1 saturated heterocycles. The fourth-order valence-electron chi connectivity index (χ4n) is 3.28. The van der Waals surface area contributed by atoms with Gasteiger partial charge in [-0.2, -0.15) is 5.26 Å². The first-order chi connectivity index (χ1) is 12.7. The maximum atomic E-state index is 12.1. The number of ether oxygens (including phenoxy) is 1. The molecule has 0 aromatic heterocycles. The minimum absolute atomic E-state index is 0.395. The van der Waals surface area contributed by atoms with E-state index in [-0.39, 0.29) is 0 Å². The van der Waals surface area contributed by atoms with Gasteiger partial charge in [-0.15, -0.1) is 0 Å². The molecule has 0 amide bonds. The summed E-state index contributed by atoms with van der Waals surface area (Å²) in [6, 6.07) is 9.72. The number of rotatable bonds is 7. The van der Waals surface area contributed by atoms with Gasteiger partial charge in [-0.25, -0.2) is 0 Å². The number of methoxy groups -OCH3 is 1. The normalized spacial score (nSPS) is 15.0. The molecule has 3 rings (SSSR count). The molecule has 1 fully saturated rings. The monoisotopic (exact) mass is 354 g/mol. The summed E-state index contributed by atoms with van der Waals surface area (Å²) in [7, 11) is 1.60. The van der Waals surface area contributed by atoms with Gasteiger partial charge in [-0.1, -0.05) is 18.2 Å². The standard InChI is InChI=1S/C19H22N4O3/c1-26-15-6-3-2-5-14(15)13-21-16-17(19(25)18(16)24)23-11-9-22(10-12-23)8-4-7-20/h2-3,5-6,21H,4,8-13H2,1H3. The molecule has 1 aliphatic heterocycles. The summed E-state index contributed by atoms with van der Waals surface area (Å²) in [4.78, 5) is 28.3. The highest BCUT2D eigenvalue weighted by atomic mass is 16.5. The molecule has 2 aromatic carbocycles. The van der Waals surface area contributed by atoms with Crippen LogP contribution >= 0.6 is 0 Å². The maximum absolute atomic E-state index is 12.1. The third-order valence-corrected chi connectivity index (χ3v) is 4.76. The van der Waals surface area contributed by atoms with Crippen LogP contribution in [-0.2, 0) is 6.54 Å². The summed E-state index contributed by atoms with van der Waals surface area (Å²) >= 11 is 0.